The quantitative estimate of drug-likeness (QED) is 0.499. The van der Waals surface area contributed by atoms with E-state index in [2.05, 4.69) is 4.98 Å². The molecule has 4 rings (SSSR count). The minimum atomic E-state index is -0.609. The van der Waals surface area contributed by atoms with Crippen molar-refractivity contribution in [1.29, 1.82) is 0 Å². The first-order valence-electron chi connectivity index (χ1n) is 11.0. The van der Waals surface area contributed by atoms with E-state index in [1.165, 1.54) is 18.4 Å². The first-order chi connectivity index (χ1) is 15.5. The lowest BCUT2D eigenvalue weighted by Crippen LogP contribution is -2.35. The number of carbonyl (C=O) groups is 1. The van der Waals surface area contributed by atoms with E-state index in [1.54, 1.807) is 0 Å². The van der Waals surface area contributed by atoms with Gasteiger partial charge < -0.3 is 9.32 Å². The van der Waals surface area contributed by atoms with Crippen molar-refractivity contribution in [3.8, 4) is 0 Å². The van der Waals surface area contributed by atoms with Crippen LogP contribution in [0.1, 0.15) is 59.7 Å². The minimum Gasteiger partial charge on any atom is -0.447 e. The number of likely N-dealkylation sites (tertiary alicyclic amines) is 1. The van der Waals surface area contributed by atoms with Crippen molar-refractivity contribution in [3.63, 3.8) is 0 Å². The molecule has 0 spiro atoms. The molecule has 0 unspecified atom stereocenters. The predicted molar refractivity (Wildman–Crippen MR) is 117 cm³/mol. The van der Waals surface area contributed by atoms with E-state index in [1.807, 2.05) is 47.1 Å². The van der Waals surface area contributed by atoms with Gasteiger partial charge in [-0.05, 0) is 37.8 Å². The Bertz CT molecular complexity index is 1050. The van der Waals surface area contributed by atoms with Crippen LogP contribution < -0.4 is 0 Å². The van der Waals surface area contributed by atoms with E-state index in [0.29, 0.717) is 17.1 Å². The van der Waals surface area contributed by atoms with Crippen LogP contribution in [0.3, 0.4) is 0 Å². The summed E-state index contributed by atoms with van der Waals surface area (Å²) in [5.74, 6) is -0.936. The highest BCUT2D eigenvalue weighted by Crippen LogP contribution is 2.26. The van der Waals surface area contributed by atoms with Crippen LogP contribution in [0.25, 0.3) is 0 Å². The Morgan fingerprint density at radius 1 is 1.09 bits per heavy atom. The number of halogens is 2. The maximum Gasteiger partial charge on any atom is 0.275 e. The zero-order valence-electron chi connectivity index (χ0n) is 18.1. The monoisotopic (exact) mass is 439 g/mol. The number of rotatable bonds is 7. The number of hydrogen-bond acceptors (Lipinski definition) is 4. The Hall–Kier alpha value is -3.06. The average molecular weight is 440 g/mol. The lowest BCUT2D eigenvalue weighted by molar-refractivity contribution is 0.0718. The second-order valence-corrected chi connectivity index (χ2v) is 8.21. The smallest absolute Gasteiger partial charge is 0.275 e. The summed E-state index contributed by atoms with van der Waals surface area (Å²) in [6.45, 7) is 4.00. The Kier molecular flexibility index (Phi) is 6.95. The molecule has 1 saturated heterocycles. The molecule has 1 aliphatic rings. The number of benzene rings is 2. The summed E-state index contributed by atoms with van der Waals surface area (Å²) in [6.07, 6.45) is 4.54. The van der Waals surface area contributed by atoms with Crippen molar-refractivity contribution >= 4 is 5.91 Å². The van der Waals surface area contributed by atoms with Gasteiger partial charge in [-0.3, -0.25) is 9.69 Å². The molecule has 2 aromatic carbocycles. The number of hydrogen-bond donors (Lipinski definition) is 0. The lowest BCUT2D eigenvalue weighted by atomic mass is 10.1. The topological polar surface area (TPSA) is 49.6 Å². The predicted octanol–water partition coefficient (Wildman–Crippen LogP) is 5.34. The third-order valence-electron chi connectivity index (χ3n) is 5.97. The highest BCUT2D eigenvalue weighted by molar-refractivity contribution is 5.92. The summed E-state index contributed by atoms with van der Waals surface area (Å²) in [6, 6.07) is 13.3. The fraction of sp³-hybridized carbons (Fsp3) is 0.360. The van der Waals surface area contributed by atoms with Crippen LogP contribution >= 0.6 is 0 Å². The summed E-state index contributed by atoms with van der Waals surface area (Å²) >= 11 is 0. The van der Waals surface area contributed by atoms with Gasteiger partial charge in [0.15, 0.2) is 5.69 Å². The molecule has 32 heavy (non-hydrogen) atoms. The molecule has 5 nitrogen and oxygen atoms in total. The third kappa shape index (κ3) is 5.22. The molecule has 3 aromatic rings. The summed E-state index contributed by atoms with van der Waals surface area (Å²) in [5, 5.41) is 0. The van der Waals surface area contributed by atoms with Gasteiger partial charge in [0.25, 0.3) is 5.91 Å². The van der Waals surface area contributed by atoms with E-state index in [9.17, 15) is 13.6 Å². The molecule has 0 aliphatic carbocycles. The third-order valence-corrected chi connectivity index (χ3v) is 5.97. The van der Waals surface area contributed by atoms with E-state index >= 15 is 0 Å². The maximum atomic E-state index is 14.4. The molecule has 1 aliphatic heterocycles. The summed E-state index contributed by atoms with van der Waals surface area (Å²) < 4.78 is 33.4. The van der Waals surface area contributed by atoms with Crippen LogP contribution in [0.4, 0.5) is 8.78 Å². The fourth-order valence-corrected chi connectivity index (χ4v) is 4.06. The molecule has 0 saturated carbocycles. The van der Waals surface area contributed by atoms with E-state index in [0.717, 1.165) is 44.0 Å². The fourth-order valence-electron chi connectivity index (χ4n) is 4.06. The SMILES string of the molecule is C[C@@H](c1ccccc1)N(Cc1nc(C(=O)N2CCCCC2)co1)Cc1ccc(F)cc1F. The number of piperidine rings is 1. The minimum absolute atomic E-state index is 0.0891. The number of oxazole rings is 1. The van der Waals surface area contributed by atoms with Crippen LogP contribution in [0.5, 0.6) is 0 Å². The number of amides is 1. The Morgan fingerprint density at radius 3 is 2.56 bits per heavy atom. The summed E-state index contributed by atoms with van der Waals surface area (Å²) in [4.78, 5) is 21.0. The molecule has 1 fully saturated rings. The zero-order valence-corrected chi connectivity index (χ0v) is 18.1. The lowest BCUT2D eigenvalue weighted by Gasteiger charge is -2.28. The van der Waals surface area contributed by atoms with Crippen molar-refractivity contribution in [3.05, 3.63) is 89.1 Å². The highest BCUT2D eigenvalue weighted by Gasteiger charge is 2.24. The first kappa shape index (κ1) is 22.1. The van der Waals surface area contributed by atoms with Gasteiger partial charge >= 0.3 is 0 Å². The van der Waals surface area contributed by atoms with Crippen molar-refractivity contribution in [2.75, 3.05) is 13.1 Å². The molecular weight excluding hydrogens is 412 g/mol. The van der Waals surface area contributed by atoms with E-state index in [-0.39, 0.29) is 25.0 Å². The van der Waals surface area contributed by atoms with Gasteiger partial charge in [-0.25, -0.2) is 13.8 Å². The van der Waals surface area contributed by atoms with Crippen LogP contribution in [-0.2, 0) is 13.1 Å². The standard InChI is InChI=1S/C25H27F2N3O2/c1-18(19-8-4-2-5-9-19)30(15-20-10-11-21(26)14-22(20)27)16-24-28-23(17-32-24)25(31)29-12-6-3-7-13-29/h2,4-5,8-11,14,17-18H,3,6-7,12-13,15-16H2,1H3/t18-/m0/s1. The average Bonchev–Trinajstić information content (AvgIpc) is 3.29. The van der Waals surface area contributed by atoms with Crippen molar-refractivity contribution in [1.82, 2.24) is 14.8 Å². The Labute approximate surface area is 186 Å². The molecule has 0 N–H and O–H groups in total. The van der Waals surface area contributed by atoms with Crippen molar-refractivity contribution in [2.45, 2.75) is 45.3 Å². The molecule has 0 bridgehead atoms. The highest BCUT2D eigenvalue weighted by atomic mass is 19.1. The molecule has 1 amide bonds. The molecule has 7 heteroatoms. The number of nitrogens with zero attached hydrogens (tertiary/aromatic N) is 3. The zero-order chi connectivity index (χ0) is 22.5. The largest absolute Gasteiger partial charge is 0.447 e. The van der Waals surface area contributed by atoms with Gasteiger partial charge in [-0.2, -0.15) is 0 Å². The summed E-state index contributed by atoms with van der Waals surface area (Å²) in [7, 11) is 0. The molecular formula is C25H27F2N3O2. The molecule has 168 valence electrons. The molecule has 2 heterocycles. The van der Waals surface area contributed by atoms with Crippen molar-refractivity contribution in [2.24, 2.45) is 0 Å². The van der Waals surface area contributed by atoms with Crippen LogP contribution in [0.2, 0.25) is 0 Å². The van der Waals surface area contributed by atoms with Gasteiger partial charge in [-0.1, -0.05) is 36.4 Å². The second kappa shape index (κ2) is 10.0. The van der Waals surface area contributed by atoms with Gasteiger partial charge in [-0.15, -0.1) is 0 Å². The van der Waals surface area contributed by atoms with E-state index in [4.69, 9.17) is 4.42 Å². The number of carbonyl (C=O) groups excluding carboxylic acids is 1. The molecule has 1 atom stereocenters. The van der Waals surface area contributed by atoms with Crippen LogP contribution in [0.15, 0.2) is 59.2 Å². The molecule has 0 radical (unpaired) electrons. The van der Waals surface area contributed by atoms with Crippen LogP contribution in [0, 0.1) is 11.6 Å². The maximum absolute atomic E-state index is 14.4. The summed E-state index contributed by atoms with van der Waals surface area (Å²) in [5.41, 5.74) is 1.72. The van der Waals surface area contributed by atoms with Gasteiger partial charge in [0, 0.05) is 37.3 Å². The van der Waals surface area contributed by atoms with E-state index < -0.39 is 11.6 Å². The van der Waals surface area contributed by atoms with Gasteiger partial charge in [0.2, 0.25) is 5.89 Å². The Balaban J connectivity index is 1.55. The second-order valence-electron chi connectivity index (χ2n) is 8.21. The van der Waals surface area contributed by atoms with Crippen LogP contribution in [-0.4, -0.2) is 33.8 Å². The number of aromatic nitrogens is 1. The Morgan fingerprint density at radius 2 is 1.84 bits per heavy atom. The van der Waals surface area contributed by atoms with Gasteiger partial charge in [0.05, 0.1) is 6.54 Å². The first-order valence-corrected chi connectivity index (χ1v) is 11.0. The normalized spacial score (nSPS) is 15.2. The molecule has 1 aromatic heterocycles. The van der Waals surface area contributed by atoms with Crippen molar-refractivity contribution < 1.29 is 18.0 Å². The van der Waals surface area contributed by atoms with Gasteiger partial charge in [0.1, 0.15) is 17.9 Å².